The maximum absolute atomic E-state index is 11.8. The Labute approximate surface area is 140 Å². The topological polar surface area (TPSA) is 56.8 Å². The maximum Gasteiger partial charge on any atom is 0.234 e. The molecule has 2 rings (SSSR count). The molecule has 6 nitrogen and oxygen atoms in total. The fraction of sp³-hybridized carbons (Fsp3) is 0.933. The van der Waals surface area contributed by atoms with Crippen LogP contribution in [0.4, 0.5) is 0 Å². The number of carbonyl (C=O) groups is 1. The molecule has 1 amide bonds. The predicted octanol–water partition coefficient (Wildman–Crippen LogP) is -0.212. The zero-order valence-electron chi connectivity index (χ0n) is 13.9. The first-order valence-corrected chi connectivity index (χ1v) is 8.02. The summed E-state index contributed by atoms with van der Waals surface area (Å²) in [5.74, 6) is 0.104. The van der Waals surface area contributed by atoms with Crippen molar-refractivity contribution in [2.45, 2.75) is 13.3 Å². The van der Waals surface area contributed by atoms with Crippen molar-refractivity contribution in [2.24, 2.45) is 5.41 Å². The monoisotopic (exact) mass is 334 g/mol. The highest BCUT2D eigenvalue weighted by molar-refractivity contribution is 5.85. The molecule has 2 heterocycles. The lowest BCUT2D eigenvalue weighted by Crippen LogP contribution is -2.51. The highest BCUT2D eigenvalue weighted by Gasteiger charge is 2.31. The summed E-state index contributed by atoms with van der Waals surface area (Å²) in [7, 11) is 1.64. The van der Waals surface area contributed by atoms with Gasteiger partial charge in [0.05, 0.1) is 13.2 Å². The van der Waals surface area contributed by atoms with Gasteiger partial charge in [-0.3, -0.25) is 9.69 Å². The summed E-state index contributed by atoms with van der Waals surface area (Å²) < 4.78 is 4.93. The van der Waals surface area contributed by atoms with Gasteiger partial charge in [0.15, 0.2) is 0 Å². The van der Waals surface area contributed by atoms with Crippen LogP contribution in [0.1, 0.15) is 13.3 Å². The van der Waals surface area contributed by atoms with E-state index in [-0.39, 0.29) is 18.3 Å². The molecule has 2 aliphatic heterocycles. The minimum absolute atomic E-state index is 0. The Balaban J connectivity index is 0.00000242. The van der Waals surface area contributed by atoms with E-state index in [1.807, 2.05) is 0 Å². The summed E-state index contributed by atoms with van der Waals surface area (Å²) in [5.41, 5.74) is 0.430. The van der Waals surface area contributed by atoms with E-state index < -0.39 is 0 Å². The molecule has 1 atom stereocenters. The summed E-state index contributed by atoms with van der Waals surface area (Å²) in [6.45, 7) is 11.6. The van der Waals surface area contributed by atoms with E-state index >= 15 is 0 Å². The first-order valence-electron chi connectivity index (χ1n) is 8.02. The minimum atomic E-state index is 0. The van der Waals surface area contributed by atoms with E-state index in [4.69, 9.17) is 4.74 Å². The van der Waals surface area contributed by atoms with Crippen LogP contribution < -0.4 is 10.6 Å². The number of piperazine rings is 1. The number of amides is 1. The lowest BCUT2D eigenvalue weighted by atomic mass is 9.89. The van der Waals surface area contributed by atoms with Gasteiger partial charge >= 0.3 is 0 Å². The zero-order valence-corrected chi connectivity index (χ0v) is 14.7. The van der Waals surface area contributed by atoms with E-state index in [0.29, 0.717) is 25.1 Å². The summed E-state index contributed by atoms with van der Waals surface area (Å²) in [4.78, 5) is 16.6. The van der Waals surface area contributed by atoms with Gasteiger partial charge < -0.3 is 20.3 Å². The molecule has 0 aromatic carbocycles. The third kappa shape index (κ3) is 6.38. The molecular formula is C15H31ClN4O2. The summed E-state index contributed by atoms with van der Waals surface area (Å²) in [6, 6.07) is 0. The Kier molecular flexibility index (Phi) is 8.64. The second kappa shape index (κ2) is 9.67. The lowest BCUT2D eigenvalue weighted by molar-refractivity contribution is -0.122. The molecule has 7 heteroatoms. The molecule has 2 aliphatic rings. The number of ether oxygens (including phenoxy) is 1. The predicted molar refractivity (Wildman–Crippen MR) is 90.6 cm³/mol. The van der Waals surface area contributed by atoms with E-state index in [0.717, 1.165) is 39.3 Å². The fourth-order valence-electron chi connectivity index (χ4n) is 3.20. The molecular weight excluding hydrogens is 304 g/mol. The quantitative estimate of drug-likeness (QED) is 0.631. The van der Waals surface area contributed by atoms with E-state index in [2.05, 4.69) is 27.4 Å². The first-order chi connectivity index (χ1) is 10.1. The zero-order chi connectivity index (χ0) is 15.1. The van der Waals surface area contributed by atoms with Crippen LogP contribution in [0.15, 0.2) is 0 Å². The Bertz CT molecular complexity index is 330. The van der Waals surface area contributed by atoms with E-state index in [1.165, 1.54) is 13.0 Å². The Morgan fingerprint density at radius 1 is 1.27 bits per heavy atom. The molecule has 0 aliphatic carbocycles. The Morgan fingerprint density at radius 2 is 1.95 bits per heavy atom. The highest BCUT2D eigenvalue weighted by Crippen LogP contribution is 2.26. The molecule has 22 heavy (non-hydrogen) atoms. The van der Waals surface area contributed by atoms with Crippen LogP contribution in [-0.4, -0.2) is 88.3 Å². The molecule has 130 valence electrons. The van der Waals surface area contributed by atoms with Crippen molar-refractivity contribution >= 4 is 18.3 Å². The van der Waals surface area contributed by atoms with Crippen LogP contribution in [0.2, 0.25) is 0 Å². The Hall–Kier alpha value is -0.400. The van der Waals surface area contributed by atoms with E-state index in [9.17, 15) is 4.79 Å². The van der Waals surface area contributed by atoms with Crippen LogP contribution >= 0.6 is 12.4 Å². The highest BCUT2D eigenvalue weighted by atomic mass is 35.5. The SMILES string of the molecule is COCCNC(=O)CN1CCN(CC2(C)CCNC2)CC1.Cl. The second-order valence-electron chi connectivity index (χ2n) is 6.63. The number of methoxy groups -OCH3 is 1. The van der Waals surface area contributed by atoms with Crippen molar-refractivity contribution in [1.82, 2.24) is 20.4 Å². The van der Waals surface area contributed by atoms with Crippen LogP contribution in [0, 0.1) is 5.41 Å². The van der Waals surface area contributed by atoms with Crippen LogP contribution in [0.5, 0.6) is 0 Å². The summed E-state index contributed by atoms with van der Waals surface area (Å²) in [5, 5.41) is 6.34. The molecule has 0 spiro atoms. The van der Waals surface area contributed by atoms with Gasteiger partial charge in [-0.2, -0.15) is 0 Å². The van der Waals surface area contributed by atoms with Crippen LogP contribution in [-0.2, 0) is 9.53 Å². The van der Waals surface area contributed by atoms with Crippen molar-refractivity contribution in [2.75, 3.05) is 72.6 Å². The average molecular weight is 335 g/mol. The Morgan fingerprint density at radius 3 is 2.55 bits per heavy atom. The number of carbonyl (C=O) groups excluding carboxylic acids is 1. The molecule has 2 fully saturated rings. The van der Waals surface area contributed by atoms with Crippen molar-refractivity contribution in [1.29, 1.82) is 0 Å². The van der Waals surface area contributed by atoms with Crippen molar-refractivity contribution in [3.05, 3.63) is 0 Å². The van der Waals surface area contributed by atoms with Gasteiger partial charge in [0.2, 0.25) is 5.91 Å². The molecule has 2 saturated heterocycles. The van der Waals surface area contributed by atoms with Gasteiger partial charge in [0.1, 0.15) is 0 Å². The average Bonchev–Trinajstić information content (AvgIpc) is 2.88. The van der Waals surface area contributed by atoms with Gasteiger partial charge in [0, 0.05) is 52.9 Å². The third-order valence-electron chi connectivity index (χ3n) is 4.52. The van der Waals surface area contributed by atoms with Gasteiger partial charge in [-0.15, -0.1) is 12.4 Å². The number of hydrogen-bond acceptors (Lipinski definition) is 5. The van der Waals surface area contributed by atoms with Crippen LogP contribution in [0.25, 0.3) is 0 Å². The molecule has 0 saturated carbocycles. The van der Waals surface area contributed by atoms with Crippen molar-refractivity contribution < 1.29 is 9.53 Å². The van der Waals surface area contributed by atoms with Gasteiger partial charge in [-0.05, 0) is 18.4 Å². The fourth-order valence-corrected chi connectivity index (χ4v) is 3.20. The van der Waals surface area contributed by atoms with Crippen LogP contribution in [0.3, 0.4) is 0 Å². The number of nitrogens with one attached hydrogen (secondary N) is 2. The number of rotatable bonds is 7. The second-order valence-corrected chi connectivity index (χ2v) is 6.63. The largest absolute Gasteiger partial charge is 0.383 e. The smallest absolute Gasteiger partial charge is 0.234 e. The minimum Gasteiger partial charge on any atom is -0.383 e. The lowest BCUT2D eigenvalue weighted by Gasteiger charge is -2.38. The van der Waals surface area contributed by atoms with E-state index in [1.54, 1.807) is 7.11 Å². The van der Waals surface area contributed by atoms with Crippen molar-refractivity contribution in [3.8, 4) is 0 Å². The summed E-state index contributed by atoms with van der Waals surface area (Å²) in [6.07, 6.45) is 1.27. The standard InChI is InChI=1S/C15H30N4O2.ClH/c1-15(3-4-16-12-15)13-19-8-6-18(7-9-19)11-14(20)17-5-10-21-2;/h16H,3-13H2,1-2H3,(H,17,20);1H. The molecule has 0 radical (unpaired) electrons. The third-order valence-corrected chi connectivity index (χ3v) is 4.52. The molecule has 1 unspecified atom stereocenters. The number of halogens is 1. The molecule has 0 aromatic rings. The molecule has 0 aromatic heterocycles. The van der Waals surface area contributed by atoms with Crippen molar-refractivity contribution in [3.63, 3.8) is 0 Å². The first kappa shape index (κ1) is 19.6. The molecule has 2 N–H and O–H groups in total. The van der Waals surface area contributed by atoms with Gasteiger partial charge in [-0.25, -0.2) is 0 Å². The summed E-state index contributed by atoms with van der Waals surface area (Å²) >= 11 is 0. The molecule has 0 bridgehead atoms. The van der Waals surface area contributed by atoms with Gasteiger partial charge in [-0.1, -0.05) is 6.92 Å². The number of nitrogens with zero attached hydrogens (tertiary/aromatic N) is 2. The normalized spacial score (nSPS) is 26.6. The number of hydrogen-bond donors (Lipinski definition) is 2. The maximum atomic E-state index is 11.8. The van der Waals surface area contributed by atoms with Gasteiger partial charge in [0.25, 0.3) is 0 Å².